The minimum atomic E-state index is -0.303. The second-order valence-electron chi connectivity index (χ2n) is 8.01. The zero-order valence-electron chi connectivity index (χ0n) is 21.8. The first-order valence-electron chi connectivity index (χ1n) is 12.5. The molecule has 0 spiro atoms. The summed E-state index contributed by atoms with van der Waals surface area (Å²) in [6.07, 6.45) is 1.78. The number of imide groups is 1. The molecule has 37 heavy (non-hydrogen) atoms. The lowest BCUT2D eigenvalue weighted by atomic mass is 10.1. The number of carbonyl (C=O) groups is 2. The van der Waals surface area contributed by atoms with Crippen LogP contribution < -0.4 is 9.30 Å². The fourth-order valence-electron chi connectivity index (χ4n) is 4.32. The zero-order valence-corrected chi connectivity index (χ0v) is 21.8. The highest BCUT2D eigenvalue weighted by Crippen LogP contribution is 2.26. The number of aliphatic hydroxyl groups is 1. The van der Waals surface area contributed by atoms with Crippen molar-refractivity contribution >= 4 is 22.8 Å². The Morgan fingerprint density at radius 2 is 1.62 bits per heavy atom. The van der Waals surface area contributed by atoms with E-state index in [0.717, 1.165) is 16.9 Å². The van der Waals surface area contributed by atoms with Crippen LogP contribution in [0.5, 0.6) is 5.75 Å². The number of hydrogen-bond acceptors (Lipinski definition) is 6. The summed E-state index contributed by atoms with van der Waals surface area (Å²) in [6, 6.07) is 12.7. The van der Waals surface area contributed by atoms with Crippen molar-refractivity contribution in [1.29, 1.82) is 0 Å². The fraction of sp³-hybridized carbons (Fsp3) is 0.393. The topological polar surface area (TPSA) is 94.1 Å². The monoisotopic (exact) mass is 510 g/mol. The Kier molecular flexibility index (Phi) is 10.4. The minimum Gasteiger partial charge on any atom is -0.497 e. The number of methoxy groups -OCH3 is 1. The summed E-state index contributed by atoms with van der Waals surface area (Å²) in [5, 5.41) is 8.80. The number of allylic oxidation sites excluding steroid dienone is 1. The van der Waals surface area contributed by atoms with E-state index in [1.807, 2.05) is 36.6 Å². The fourth-order valence-corrected chi connectivity index (χ4v) is 4.32. The Morgan fingerprint density at radius 1 is 0.973 bits per heavy atom. The molecule has 1 aliphatic rings. The van der Waals surface area contributed by atoms with Gasteiger partial charge in [0.1, 0.15) is 25.4 Å². The SMILES string of the molecule is C=CCn1c(CN2C(=O)c3ccccc3C2=O)[n+](CCOCCOCCO)c2ccc(OC)cc21.CC. The number of imidazole rings is 1. The molecule has 1 aromatic heterocycles. The molecule has 1 aliphatic heterocycles. The van der Waals surface area contributed by atoms with Gasteiger partial charge in [-0.25, -0.2) is 9.13 Å². The molecule has 9 nitrogen and oxygen atoms in total. The summed E-state index contributed by atoms with van der Waals surface area (Å²) in [7, 11) is 1.61. The molecule has 0 saturated carbocycles. The number of ether oxygens (including phenoxy) is 3. The molecule has 3 aromatic rings. The molecule has 9 heteroatoms. The number of nitrogens with zero attached hydrogens (tertiary/aromatic N) is 3. The highest BCUT2D eigenvalue weighted by molar-refractivity contribution is 6.21. The zero-order chi connectivity index (χ0) is 26.8. The van der Waals surface area contributed by atoms with Crippen molar-refractivity contribution in [3.8, 4) is 5.75 Å². The van der Waals surface area contributed by atoms with Gasteiger partial charge in [-0.15, -0.1) is 0 Å². The van der Waals surface area contributed by atoms with Gasteiger partial charge in [-0.1, -0.05) is 38.6 Å². The van der Waals surface area contributed by atoms with E-state index in [9.17, 15) is 9.59 Å². The van der Waals surface area contributed by atoms with Crippen molar-refractivity contribution in [2.24, 2.45) is 0 Å². The summed E-state index contributed by atoms with van der Waals surface area (Å²) in [5.41, 5.74) is 2.67. The Balaban J connectivity index is 0.00000186. The lowest BCUT2D eigenvalue weighted by molar-refractivity contribution is -0.682. The van der Waals surface area contributed by atoms with Crippen molar-refractivity contribution < 1.29 is 33.5 Å². The van der Waals surface area contributed by atoms with Gasteiger partial charge in [0.2, 0.25) is 0 Å². The average Bonchev–Trinajstić information content (AvgIpc) is 3.35. The van der Waals surface area contributed by atoms with E-state index < -0.39 is 0 Å². The number of carbonyl (C=O) groups excluding carboxylic acids is 2. The molecule has 0 fully saturated rings. The first-order chi connectivity index (χ1) is 18.1. The van der Waals surface area contributed by atoms with E-state index in [2.05, 4.69) is 11.1 Å². The van der Waals surface area contributed by atoms with Crippen molar-refractivity contribution in [3.63, 3.8) is 0 Å². The van der Waals surface area contributed by atoms with Gasteiger partial charge in [-0.3, -0.25) is 14.5 Å². The van der Waals surface area contributed by atoms with Crippen LogP contribution >= 0.6 is 0 Å². The smallest absolute Gasteiger partial charge is 0.278 e. The van der Waals surface area contributed by atoms with Crippen LogP contribution in [0, 0.1) is 0 Å². The van der Waals surface area contributed by atoms with Crippen molar-refractivity contribution in [3.05, 3.63) is 72.1 Å². The van der Waals surface area contributed by atoms with Gasteiger partial charge in [0.15, 0.2) is 11.0 Å². The largest absolute Gasteiger partial charge is 0.497 e. The van der Waals surface area contributed by atoms with Gasteiger partial charge in [0.25, 0.3) is 17.6 Å². The van der Waals surface area contributed by atoms with Crippen LogP contribution in [0.25, 0.3) is 11.0 Å². The van der Waals surface area contributed by atoms with Gasteiger partial charge >= 0.3 is 0 Å². The average molecular weight is 511 g/mol. The van der Waals surface area contributed by atoms with Crippen LogP contribution in [0.1, 0.15) is 40.4 Å². The predicted octanol–water partition coefficient (Wildman–Crippen LogP) is 2.97. The lowest BCUT2D eigenvalue weighted by Gasteiger charge is -2.13. The number of benzene rings is 2. The summed E-state index contributed by atoms with van der Waals surface area (Å²) >= 11 is 0. The molecular weight excluding hydrogens is 474 g/mol. The highest BCUT2D eigenvalue weighted by atomic mass is 16.5. The van der Waals surface area contributed by atoms with Gasteiger partial charge in [-0.2, -0.15) is 0 Å². The van der Waals surface area contributed by atoms with Crippen LogP contribution in [0.15, 0.2) is 55.1 Å². The normalized spacial score (nSPS) is 12.5. The van der Waals surface area contributed by atoms with Gasteiger partial charge in [0.05, 0.1) is 51.3 Å². The van der Waals surface area contributed by atoms with Crippen LogP contribution in [0.3, 0.4) is 0 Å². The first kappa shape index (κ1) is 28.0. The maximum absolute atomic E-state index is 13.1. The third-order valence-electron chi connectivity index (χ3n) is 5.94. The van der Waals surface area contributed by atoms with Gasteiger partial charge < -0.3 is 19.3 Å². The van der Waals surface area contributed by atoms with E-state index in [1.165, 1.54) is 4.90 Å². The van der Waals surface area contributed by atoms with Gasteiger partial charge in [0, 0.05) is 6.07 Å². The lowest BCUT2D eigenvalue weighted by Crippen LogP contribution is -2.44. The number of amides is 2. The second kappa shape index (κ2) is 13.7. The molecule has 0 unspecified atom stereocenters. The Labute approximate surface area is 217 Å². The van der Waals surface area contributed by atoms with E-state index in [1.54, 1.807) is 37.5 Å². The maximum Gasteiger partial charge on any atom is 0.278 e. The predicted molar refractivity (Wildman–Crippen MR) is 140 cm³/mol. The molecule has 4 rings (SSSR count). The molecule has 0 saturated heterocycles. The number of aliphatic hydroxyl groups excluding tert-OH is 1. The van der Waals surface area contributed by atoms with Crippen molar-refractivity contribution in [1.82, 2.24) is 9.47 Å². The Bertz CT molecular complexity index is 1200. The number of aromatic nitrogens is 2. The standard InChI is InChI=1S/C26H30N3O6.C2H6/c1-3-10-27-23-17-19(33-2)8-9-22(23)28(11-13-34-15-16-35-14-12-30)24(27)18-29-25(31)20-6-4-5-7-21(20)26(29)32;1-2/h3-9,17,30H,1,10-16,18H2,2H3;1-2H3/q+1;. The highest BCUT2D eigenvalue weighted by Gasteiger charge is 2.38. The van der Waals surface area contributed by atoms with Crippen molar-refractivity contribution in [2.45, 2.75) is 33.5 Å². The second-order valence-corrected chi connectivity index (χ2v) is 8.01. The van der Waals surface area contributed by atoms with Crippen molar-refractivity contribution in [2.75, 3.05) is 40.1 Å². The molecule has 0 aliphatic carbocycles. The molecule has 198 valence electrons. The van der Waals surface area contributed by atoms with Crippen LogP contribution in [0.2, 0.25) is 0 Å². The molecule has 2 aromatic carbocycles. The molecule has 2 amide bonds. The van der Waals surface area contributed by atoms with Crippen LogP contribution in [-0.2, 0) is 29.1 Å². The third kappa shape index (κ3) is 6.07. The molecular formula is C28H36N3O6+. The Hall–Kier alpha value is -3.53. The molecule has 0 atom stereocenters. The summed E-state index contributed by atoms with van der Waals surface area (Å²) < 4.78 is 20.5. The summed E-state index contributed by atoms with van der Waals surface area (Å²) in [6.45, 7) is 10.4. The van der Waals surface area contributed by atoms with Gasteiger partial charge in [-0.05, 0) is 24.3 Å². The number of fused-ring (bicyclic) bond motifs is 2. The van der Waals surface area contributed by atoms with E-state index in [-0.39, 0.29) is 31.6 Å². The molecule has 0 bridgehead atoms. The quantitative estimate of drug-likeness (QED) is 0.164. The first-order valence-corrected chi connectivity index (χ1v) is 12.5. The molecule has 1 N–H and O–H groups in total. The Morgan fingerprint density at radius 3 is 2.22 bits per heavy atom. The molecule has 2 heterocycles. The van der Waals surface area contributed by atoms with E-state index in [0.29, 0.717) is 49.8 Å². The molecule has 0 radical (unpaired) electrons. The van der Waals surface area contributed by atoms with E-state index >= 15 is 0 Å². The minimum absolute atomic E-state index is 0.0245. The third-order valence-corrected chi connectivity index (χ3v) is 5.94. The van der Waals surface area contributed by atoms with Crippen LogP contribution in [-0.4, -0.2) is 66.5 Å². The number of rotatable bonds is 13. The summed E-state index contributed by atoms with van der Waals surface area (Å²) in [5.74, 6) is 0.879. The van der Waals surface area contributed by atoms with E-state index in [4.69, 9.17) is 19.3 Å². The maximum atomic E-state index is 13.1. The summed E-state index contributed by atoms with van der Waals surface area (Å²) in [4.78, 5) is 27.5. The number of hydrogen-bond donors (Lipinski definition) is 1. The van der Waals surface area contributed by atoms with Crippen LogP contribution in [0.4, 0.5) is 0 Å².